The third kappa shape index (κ3) is 7.91. The number of aliphatic hydroxyl groups excluding tert-OH is 1. The summed E-state index contributed by atoms with van der Waals surface area (Å²) >= 11 is 0. The second kappa shape index (κ2) is 11.6. The van der Waals surface area contributed by atoms with Crippen LogP contribution in [0.3, 0.4) is 0 Å². The Morgan fingerprint density at radius 1 is 1.15 bits per heavy atom. The van der Waals surface area contributed by atoms with Gasteiger partial charge in [0.1, 0.15) is 6.42 Å². The van der Waals surface area contributed by atoms with Gasteiger partial charge in [-0.05, 0) is 29.7 Å². The number of hydrogen-bond acceptors (Lipinski definition) is 6. The average molecular weight is 489 g/mol. The summed E-state index contributed by atoms with van der Waals surface area (Å²) in [4.78, 5) is 29.0. The van der Waals surface area contributed by atoms with E-state index < -0.39 is 10.0 Å². The SMILES string of the molecule is CN(C(=O)CC(=O)N[C@H](CN1CC[C@H](O)C1)c1ccccc1)c1ccc(CNS(C)(=O)=O)cc1. The van der Waals surface area contributed by atoms with Crippen LogP contribution < -0.4 is 14.9 Å². The summed E-state index contributed by atoms with van der Waals surface area (Å²) in [6.45, 7) is 2.04. The number of nitrogens with zero attached hydrogens (tertiary/aromatic N) is 2. The smallest absolute Gasteiger partial charge is 0.236 e. The fraction of sp³-hybridized carbons (Fsp3) is 0.417. The van der Waals surface area contributed by atoms with Gasteiger partial charge >= 0.3 is 0 Å². The lowest BCUT2D eigenvalue weighted by Gasteiger charge is -2.25. The molecule has 1 fully saturated rings. The molecule has 0 bridgehead atoms. The lowest BCUT2D eigenvalue weighted by Crippen LogP contribution is -2.39. The van der Waals surface area contributed by atoms with Gasteiger partial charge in [0.2, 0.25) is 21.8 Å². The predicted octanol–water partition coefficient (Wildman–Crippen LogP) is 1.01. The Labute approximate surface area is 200 Å². The highest BCUT2D eigenvalue weighted by atomic mass is 32.2. The van der Waals surface area contributed by atoms with Crippen LogP contribution in [-0.2, 0) is 26.2 Å². The van der Waals surface area contributed by atoms with Gasteiger partial charge in [-0.25, -0.2) is 13.1 Å². The third-order valence-electron chi connectivity index (χ3n) is 5.77. The Hall–Kier alpha value is -2.79. The second-order valence-electron chi connectivity index (χ2n) is 8.62. The summed E-state index contributed by atoms with van der Waals surface area (Å²) in [5.74, 6) is -0.734. The molecule has 0 aliphatic carbocycles. The number of nitrogens with one attached hydrogen (secondary N) is 2. The monoisotopic (exact) mass is 488 g/mol. The van der Waals surface area contributed by atoms with Crippen LogP contribution in [-0.4, -0.2) is 69.3 Å². The molecule has 3 N–H and O–H groups in total. The topological polar surface area (TPSA) is 119 Å². The van der Waals surface area contributed by atoms with Crippen molar-refractivity contribution in [1.29, 1.82) is 0 Å². The standard InChI is InChI=1S/C24H32N4O5S/c1-27(20-10-8-18(9-11-20)15-25-34(2,32)33)24(31)14-23(30)26-22(19-6-4-3-5-7-19)17-28-13-12-21(29)16-28/h3-11,21-22,25,29H,12-17H2,1-2H3,(H,26,30)/t21-,22+/m0/s1. The first kappa shape index (κ1) is 25.8. The van der Waals surface area contributed by atoms with Crippen LogP contribution in [0.1, 0.15) is 30.0 Å². The fourth-order valence-electron chi connectivity index (χ4n) is 3.85. The summed E-state index contributed by atoms with van der Waals surface area (Å²) in [5.41, 5.74) is 2.30. The highest BCUT2D eigenvalue weighted by Gasteiger charge is 2.25. The lowest BCUT2D eigenvalue weighted by atomic mass is 10.1. The van der Waals surface area contributed by atoms with E-state index in [0.717, 1.165) is 23.9 Å². The predicted molar refractivity (Wildman–Crippen MR) is 131 cm³/mol. The molecule has 1 heterocycles. The Bertz CT molecular complexity index is 1080. The van der Waals surface area contributed by atoms with E-state index in [-0.39, 0.29) is 36.9 Å². The van der Waals surface area contributed by atoms with E-state index in [2.05, 4.69) is 14.9 Å². The van der Waals surface area contributed by atoms with Crippen molar-refractivity contribution in [1.82, 2.24) is 14.9 Å². The Morgan fingerprint density at radius 3 is 2.41 bits per heavy atom. The molecule has 0 radical (unpaired) electrons. The summed E-state index contributed by atoms with van der Waals surface area (Å²) in [6.07, 6.45) is 1.15. The number of hydrogen-bond donors (Lipinski definition) is 3. The minimum atomic E-state index is -3.29. The number of aliphatic hydroxyl groups is 1. The highest BCUT2D eigenvalue weighted by molar-refractivity contribution is 7.88. The van der Waals surface area contributed by atoms with Crippen LogP contribution in [0, 0.1) is 0 Å². The van der Waals surface area contributed by atoms with Gasteiger partial charge in [0.25, 0.3) is 0 Å². The Kier molecular flexibility index (Phi) is 8.78. The summed E-state index contributed by atoms with van der Waals surface area (Å²) in [7, 11) is -1.69. The first-order valence-electron chi connectivity index (χ1n) is 11.2. The van der Waals surface area contributed by atoms with Crippen LogP contribution in [0.5, 0.6) is 0 Å². The number of sulfonamides is 1. The maximum atomic E-state index is 12.8. The molecule has 184 valence electrons. The molecule has 1 aliphatic rings. The van der Waals surface area contributed by atoms with Crippen molar-refractivity contribution < 1.29 is 23.1 Å². The van der Waals surface area contributed by atoms with E-state index in [1.165, 1.54) is 4.90 Å². The number of likely N-dealkylation sites (tertiary alicyclic amines) is 1. The normalized spacial score (nSPS) is 17.3. The molecule has 1 aliphatic heterocycles. The second-order valence-corrected chi connectivity index (χ2v) is 10.5. The highest BCUT2D eigenvalue weighted by Crippen LogP contribution is 2.19. The first-order valence-corrected chi connectivity index (χ1v) is 13.0. The van der Waals surface area contributed by atoms with E-state index in [9.17, 15) is 23.1 Å². The van der Waals surface area contributed by atoms with Crippen molar-refractivity contribution in [2.24, 2.45) is 0 Å². The average Bonchev–Trinajstić information content (AvgIpc) is 3.21. The van der Waals surface area contributed by atoms with E-state index in [4.69, 9.17) is 0 Å². The van der Waals surface area contributed by atoms with E-state index in [1.54, 1.807) is 31.3 Å². The molecule has 10 heteroatoms. The van der Waals surface area contributed by atoms with Crippen molar-refractivity contribution in [3.63, 3.8) is 0 Å². The quantitative estimate of drug-likeness (QED) is 0.430. The molecule has 3 rings (SSSR count). The van der Waals surface area contributed by atoms with Gasteiger partial charge in [0, 0.05) is 38.9 Å². The van der Waals surface area contributed by atoms with Crippen molar-refractivity contribution >= 4 is 27.5 Å². The van der Waals surface area contributed by atoms with Crippen LogP contribution in [0.15, 0.2) is 54.6 Å². The zero-order chi connectivity index (χ0) is 24.7. The Balaban J connectivity index is 1.58. The van der Waals surface area contributed by atoms with Gasteiger partial charge in [-0.2, -0.15) is 0 Å². The molecular formula is C24H32N4O5S. The Morgan fingerprint density at radius 2 is 1.82 bits per heavy atom. The molecule has 34 heavy (non-hydrogen) atoms. The minimum absolute atomic E-state index is 0.161. The molecule has 2 amide bonds. The van der Waals surface area contributed by atoms with Crippen molar-refractivity contribution in [2.75, 3.05) is 37.8 Å². The lowest BCUT2D eigenvalue weighted by molar-refractivity contribution is -0.128. The number of anilines is 1. The van der Waals surface area contributed by atoms with E-state index in [1.807, 2.05) is 30.3 Å². The maximum Gasteiger partial charge on any atom is 0.236 e. The molecule has 2 aromatic rings. The minimum Gasteiger partial charge on any atom is -0.392 e. The number of carbonyl (C=O) groups excluding carboxylic acids is 2. The van der Waals surface area contributed by atoms with Crippen molar-refractivity contribution in [2.45, 2.75) is 31.5 Å². The number of benzene rings is 2. The number of amides is 2. The van der Waals surface area contributed by atoms with Crippen LogP contribution in [0.4, 0.5) is 5.69 Å². The molecule has 0 saturated carbocycles. The zero-order valence-corrected chi connectivity index (χ0v) is 20.3. The summed E-state index contributed by atoms with van der Waals surface area (Å²) < 4.78 is 24.9. The summed E-state index contributed by atoms with van der Waals surface area (Å²) in [6, 6.07) is 16.2. The van der Waals surface area contributed by atoms with Crippen LogP contribution in [0.2, 0.25) is 0 Å². The van der Waals surface area contributed by atoms with Gasteiger partial charge in [-0.1, -0.05) is 42.5 Å². The number of rotatable bonds is 10. The maximum absolute atomic E-state index is 12.8. The van der Waals surface area contributed by atoms with E-state index in [0.29, 0.717) is 25.2 Å². The van der Waals surface area contributed by atoms with E-state index >= 15 is 0 Å². The summed E-state index contributed by atoms with van der Waals surface area (Å²) in [5, 5.41) is 12.8. The molecule has 2 aromatic carbocycles. The molecular weight excluding hydrogens is 456 g/mol. The van der Waals surface area contributed by atoms with Crippen molar-refractivity contribution in [3.8, 4) is 0 Å². The van der Waals surface area contributed by atoms with Gasteiger partial charge in [0.15, 0.2) is 0 Å². The zero-order valence-electron chi connectivity index (χ0n) is 19.5. The van der Waals surface area contributed by atoms with Gasteiger partial charge in [-0.15, -0.1) is 0 Å². The van der Waals surface area contributed by atoms with Crippen molar-refractivity contribution in [3.05, 3.63) is 65.7 Å². The number of β-amino-alcohol motifs (C(OH)–C–C–N with tert-alkyl or cyclic N) is 1. The number of carbonyl (C=O) groups is 2. The van der Waals surface area contributed by atoms with Gasteiger partial charge in [0.05, 0.1) is 18.4 Å². The molecule has 0 spiro atoms. The van der Waals surface area contributed by atoms with Crippen LogP contribution in [0.25, 0.3) is 0 Å². The molecule has 1 saturated heterocycles. The third-order valence-corrected chi connectivity index (χ3v) is 6.44. The van der Waals surface area contributed by atoms with Gasteiger partial charge in [-0.3, -0.25) is 14.5 Å². The fourth-order valence-corrected chi connectivity index (χ4v) is 4.28. The molecule has 0 aromatic heterocycles. The van der Waals surface area contributed by atoms with Crippen LogP contribution >= 0.6 is 0 Å². The molecule has 2 atom stereocenters. The molecule has 9 nitrogen and oxygen atoms in total. The first-order chi connectivity index (χ1) is 16.1. The largest absolute Gasteiger partial charge is 0.392 e. The van der Waals surface area contributed by atoms with Gasteiger partial charge < -0.3 is 15.3 Å². The molecule has 0 unspecified atom stereocenters.